The van der Waals surface area contributed by atoms with Crippen molar-refractivity contribution >= 4 is 9.04 Å². The molecular formula is C9H22OSi. The molecule has 0 aliphatic carbocycles. The van der Waals surface area contributed by atoms with Crippen molar-refractivity contribution in [2.75, 3.05) is 7.11 Å². The molecule has 0 radical (unpaired) electrons. The third kappa shape index (κ3) is 4.59. The Morgan fingerprint density at radius 3 is 1.82 bits per heavy atom. The van der Waals surface area contributed by atoms with Crippen molar-refractivity contribution in [3.05, 3.63) is 0 Å². The summed E-state index contributed by atoms with van der Waals surface area (Å²) in [7, 11) is 0.906. The third-order valence-electron chi connectivity index (χ3n) is 1.94. The average molecular weight is 174 g/mol. The molecule has 1 nitrogen and oxygen atoms in total. The van der Waals surface area contributed by atoms with Gasteiger partial charge in [0.2, 0.25) is 0 Å². The fourth-order valence-corrected chi connectivity index (χ4v) is 3.69. The minimum Gasteiger partial charge on any atom is -0.423 e. The summed E-state index contributed by atoms with van der Waals surface area (Å²) in [5.74, 6) is 0.783. The van der Waals surface area contributed by atoms with Gasteiger partial charge in [0, 0.05) is 7.11 Å². The smallest absolute Gasteiger partial charge is 0.181 e. The maximum Gasteiger partial charge on any atom is 0.181 e. The quantitative estimate of drug-likeness (QED) is 0.598. The highest BCUT2D eigenvalue weighted by Crippen LogP contribution is 2.31. The van der Waals surface area contributed by atoms with Gasteiger partial charge in [0.15, 0.2) is 9.04 Å². The van der Waals surface area contributed by atoms with Crippen LogP contribution in [0.4, 0.5) is 0 Å². The second-order valence-electron chi connectivity index (χ2n) is 4.72. The predicted octanol–water partition coefficient (Wildman–Crippen LogP) is 2.81. The number of rotatable bonds is 3. The Morgan fingerprint density at radius 1 is 1.27 bits per heavy atom. The molecule has 0 saturated heterocycles. The lowest BCUT2D eigenvalue weighted by atomic mass is 10.2. The zero-order valence-electron chi connectivity index (χ0n) is 8.77. The van der Waals surface area contributed by atoms with Crippen molar-refractivity contribution in [2.45, 2.75) is 45.7 Å². The van der Waals surface area contributed by atoms with E-state index in [1.807, 2.05) is 7.11 Å². The Kier molecular flexibility index (Phi) is 4.33. The van der Waals surface area contributed by atoms with E-state index in [1.54, 1.807) is 0 Å². The summed E-state index contributed by atoms with van der Waals surface area (Å²) < 4.78 is 5.56. The van der Waals surface area contributed by atoms with Gasteiger partial charge in [-0.2, -0.15) is 0 Å². The lowest BCUT2D eigenvalue weighted by Crippen LogP contribution is -2.29. The van der Waals surface area contributed by atoms with Crippen molar-refractivity contribution in [2.24, 2.45) is 5.92 Å². The lowest BCUT2D eigenvalue weighted by molar-refractivity contribution is 0.382. The van der Waals surface area contributed by atoms with Crippen LogP contribution < -0.4 is 0 Å². The standard InChI is InChI=1S/C9H22OSi/c1-8(2)7-11(10-6)9(3,4)5/h8,11H,7H2,1-6H3. The summed E-state index contributed by atoms with van der Waals surface area (Å²) in [6.45, 7) is 11.4. The van der Waals surface area contributed by atoms with Crippen LogP contribution in [0.25, 0.3) is 0 Å². The van der Waals surface area contributed by atoms with E-state index in [4.69, 9.17) is 4.43 Å². The maximum atomic E-state index is 5.56. The van der Waals surface area contributed by atoms with Crippen molar-refractivity contribution in [3.63, 3.8) is 0 Å². The van der Waals surface area contributed by atoms with E-state index in [-0.39, 0.29) is 0 Å². The second kappa shape index (κ2) is 4.26. The van der Waals surface area contributed by atoms with Crippen LogP contribution in [0.1, 0.15) is 34.6 Å². The summed E-state index contributed by atoms with van der Waals surface area (Å²) in [6, 6.07) is 1.29. The first-order chi connectivity index (χ1) is 4.88. The molecule has 1 unspecified atom stereocenters. The fraction of sp³-hybridized carbons (Fsp3) is 1.00. The molecule has 11 heavy (non-hydrogen) atoms. The SMILES string of the molecule is CO[SiH](CC(C)C)C(C)(C)C. The highest BCUT2D eigenvalue weighted by molar-refractivity contribution is 6.55. The summed E-state index contributed by atoms with van der Waals surface area (Å²) in [4.78, 5) is 0. The van der Waals surface area contributed by atoms with Gasteiger partial charge in [-0.3, -0.25) is 0 Å². The minimum atomic E-state index is -0.959. The van der Waals surface area contributed by atoms with Crippen LogP contribution in [0, 0.1) is 5.92 Å². The summed E-state index contributed by atoms with van der Waals surface area (Å²) in [5, 5.41) is 0.416. The highest BCUT2D eigenvalue weighted by atomic mass is 28.3. The van der Waals surface area contributed by atoms with Gasteiger partial charge in [-0.15, -0.1) is 0 Å². The molecule has 0 fully saturated rings. The molecule has 1 atom stereocenters. The molecule has 0 heterocycles. The van der Waals surface area contributed by atoms with Crippen molar-refractivity contribution < 1.29 is 4.43 Å². The summed E-state index contributed by atoms with van der Waals surface area (Å²) in [6.07, 6.45) is 0. The topological polar surface area (TPSA) is 9.23 Å². The van der Waals surface area contributed by atoms with Gasteiger partial charge in [-0.1, -0.05) is 34.6 Å². The Bertz CT molecular complexity index is 105. The Balaban J connectivity index is 3.96. The van der Waals surface area contributed by atoms with Crippen LogP contribution in [-0.2, 0) is 4.43 Å². The molecule has 0 bridgehead atoms. The minimum absolute atomic E-state index is 0.416. The fourth-order valence-electron chi connectivity index (χ4n) is 1.23. The zero-order chi connectivity index (χ0) is 9.07. The van der Waals surface area contributed by atoms with Crippen LogP contribution in [0.5, 0.6) is 0 Å². The molecule has 0 N–H and O–H groups in total. The monoisotopic (exact) mass is 174 g/mol. The second-order valence-corrected chi connectivity index (χ2v) is 8.37. The molecule has 0 saturated carbocycles. The van der Waals surface area contributed by atoms with E-state index in [0.717, 1.165) is 5.92 Å². The van der Waals surface area contributed by atoms with E-state index < -0.39 is 9.04 Å². The van der Waals surface area contributed by atoms with Gasteiger partial charge in [-0.25, -0.2) is 0 Å². The molecule has 68 valence electrons. The molecule has 0 rings (SSSR count). The van der Waals surface area contributed by atoms with Gasteiger partial charge >= 0.3 is 0 Å². The third-order valence-corrected chi connectivity index (χ3v) is 5.81. The Labute approximate surface area is 72.9 Å². The van der Waals surface area contributed by atoms with Crippen molar-refractivity contribution in [1.82, 2.24) is 0 Å². The van der Waals surface area contributed by atoms with Crippen LogP contribution >= 0.6 is 0 Å². The maximum absolute atomic E-state index is 5.56. The normalized spacial score (nSPS) is 15.5. The summed E-state index contributed by atoms with van der Waals surface area (Å²) in [5.41, 5.74) is 0. The number of hydrogen-bond donors (Lipinski definition) is 0. The van der Waals surface area contributed by atoms with Gasteiger partial charge in [-0.05, 0) is 17.0 Å². The molecule has 0 aromatic heterocycles. The Hall–Kier alpha value is 0.177. The van der Waals surface area contributed by atoms with Crippen molar-refractivity contribution in [3.8, 4) is 0 Å². The number of hydrogen-bond acceptors (Lipinski definition) is 1. The van der Waals surface area contributed by atoms with E-state index in [9.17, 15) is 0 Å². The van der Waals surface area contributed by atoms with Crippen molar-refractivity contribution in [1.29, 1.82) is 0 Å². The molecule has 0 amide bonds. The molecule has 2 heteroatoms. The largest absolute Gasteiger partial charge is 0.423 e. The van der Waals surface area contributed by atoms with Crippen LogP contribution in [0.15, 0.2) is 0 Å². The zero-order valence-corrected chi connectivity index (χ0v) is 9.92. The average Bonchev–Trinajstić information content (AvgIpc) is 1.79. The van der Waals surface area contributed by atoms with E-state index >= 15 is 0 Å². The summed E-state index contributed by atoms with van der Waals surface area (Å²) >= 11 is 0. The first-order valence-electron chi connectivity index (χ1n) is 4.40. The van der Waals surface area contributed by atoms with Crippen LogP contribution in [-0.4, -0.2) is 16.2 Å². The van der Waals surface area contributed by atoms with Gasteiger partial charge < -0.3 is 4.43 Å². The molecule has 0 aliphatic rings. The van der Waals surface area contributed by atoms with E-state index in [0.29, 0.717) is 5.04 Å². The molecule has 0 spiro atoms. The predicted molar refractivity (Wildman–Crippen MR) is 53.5 cm³/mol. The molecular weight excluding hydrogens is 152 g/mol. The molecule has 0 aliphatic heterocycles. The van der Waals surface area contributed by atoms with Crippen LogP contribution in [0.2, 0.25) is 11.1 Å². The first-order valence-corrected chi connectivity index (χ1v) is 6.27. The van der Waals surface area contributed by atoms with Crippen LogP contribution in [0.3, 0.4) is 0 Å². The lowest BCUT2D eigenvalue weighted by Gasteiger charge is -2.28. The van der Waals surface area contributed by atoms with E-state index in [1.165, 1.54) is 6.04 Å². The van der Waals surface area contributed by atoms with Gasteiger partial charge in [0.25, 0.3) is 0 Å². The van der Waals surface area contributed by atoms with E-state index in [2.05, 4.69) is 34.6 Å². The van der Waals surface area contributed by atoms with Gasteiger partial charge in [0.05, 0.1) is 0 Å². The molecule has 0 aromatic rings. The highest BCUT2D eigenvalue weighted by Gasteiger charge is 2.27. The Morgan fingerprint density at radius 2 is 1.73 bits per heavy atom. The molecule has 0 aromatic carbocycles. The van der Waals surface area contributed by atoms with Gasteiger partial charge in [0.1, 0.15) is 0 Å². The first kappa shape index (κ1) is 11.2.